The molecule has 0 atom stereocenters. The minimum absolute atomic E-state index is 0.655. The lowest BCUT2D eigenvalue weighted by Crippen LogP contribution is -2.11. The van der Waals surface area contributed by atoms with Crippen LogP contribution in [0.3, 0.4) is 0 Å². The predicted octanol–water partition coefficient (Wildman–Crippen LogP) is 3.35. The maximum atomic E-state index is 6.14. The number of aromatic nitrogens is 2. The summed E-state index contributed by atoms with van der Waals surface area (Å²) in [5.41, 5.74) is 2.07. The van der Waals surface area contributed by atoms with Crippen LogP contribution in [0, 0.1) is 0 Å². The summed E-state index contributed by atoms with van der Waals surface area (Å²) in [4.78, 5) is 4.33. The van der Waals surface area contributed by atoms with Gasteiger partial charge >= 0.3 is 0 Å². The Morgan fingerprint density at radius 2 is 2.17 bits per heavy atom. The molecule has 0 saturated heterocycles. The van der Waals surface area contributed by atoms with E-state index in [4.69, 9.17) is 23.2 Å². The fourth-order valence-electron chi connectivity index (χ4n) is 1.68. The van der Waals surface area contributed by atoms with E-state index in [-0.39, 0.29) is 0 Å². The molecule has 0 aliphatic carbocycles. The standard InChI is InChI=1S/C13H15Cl2N3/c1-2-16-6-12-8-18(9-17-12)7-10-3-4-11(14)5-13(10)15/h3-5,8-9,16H,2,6-7H2,1H3. The van der Waals surface area contributed by atoms with Crippen molar-refractivity contribution in [1.29, 1.82) is 0 Å². The molecule has 2 aromatic rings. The SMILES string of the molecule is CCNCc1cn(Cc2ccc(Cl)cc2Cl)cn1. The first-order chi connectivity index (χ1) is 8.69. The molecule has 0 saturated carbocycles. The van der Waals surface area contributed by atoms with E-state index >= 15 is 0 Å². The van der Waals surface area contributed by atoms with E-state index in [1.807, 2.05) is 29.2 Å². The van der Waals surface area contributed by atoms with Crippen LogP contribution in [0.15, 0.2) is 30.7 Å². The Morgan fingerprint density at radius 3 is 2.89 bits per heavy atom. The third-order valence-corrected chi connectivity index (χ3v) is 3.20. The summed E-state index contributed by atoms with van der Waals surface area (Å²) in [6.07, 6.45) is 3.84. The summed E-state index contributed by atoms with van der Waals surface area (Å²) >= 11 is 12.0. The highest BCUT2D eigenvalue weighted by atomic mass is 35.5. The minimum atomic E-state index is 0.655. The lowest BCUT2D eigenvalue weighted by Gasteiger charge is -2.05. The van der Waals surface area contributed by atoms with Crippen molar-refractivity contribution in [2.45, 2.75) is 20.0 Å². The normalized spacial score (nSPS) is 10.8. The minimum Gasteiger partial charge on any atom is -0.333 e. The molecule has 3 nitrogen and oxygen atoms in total. The van der Waals surface area contributed by atoms with Crippen LogP contribution < -0.4 is 5.32 Å². The number of nitrogens with zero attached hydrogens (tertiary/aromatic N) is 2. The van der Waals surface area contributed by atoms with Crippen LogP contribution in [0.25, 0.3) is 0 Å². The van der Waals surface area contributed by atoms with Crippen molar-refractivity contribution >= 4 is 23.2 Å². The molecule has 18 heavy (non-hydrogen) atoms. The third kappa shape index (κ3) is 3.48. The van der Waals surface area contributed by atoms with Crippen molar-refractivity contribution in [2.24, 2.45) is 0 Å². The van der Waals surface area contributed by atoms with Gasteiger partial charge < -0.3 is 9.88 Å². The average Bonchev–Trinajstić information content (AvgIpc) is 2.78. The maximum absolute atomic E-state index is 6.14. The summed E-state index contributed by atoms with van der Waals surface area (Å²) in [7, 11) is 0. The van der Waals surface area contributed by atoms with E-state index < -0.39 is 0 Å². The number of hydrogen-bond donors (Lipinski definition) is 1. The molecule has 2 rings (SSSR count). The highest BCUT2D eigenvalue weighted by Gasteiger charge is 2.03. The van der Waals surface area contributed by atoms with Gasteiger partial charge in [-0.1, -0.05) is 36.2 Å². The first-order valence-electron chi connectivity index (χ1n) is 5.84. The van der Waals surface area contributed by atoms with Gasteiger partial charge in [-0.15, -0.1) is 0 Å². The van der Waals surface area contributed by atoms with Gasteiger partial charge in [-0.05, 0) is 24.2 Å². The van der Waals surface area contributed by atoms with Gasteiger partial charge in [-0.25, -0.2) is 4.98 Å². The summed E-state index contributed by atoms with van der Waals surface area (Å²) < 4.78 is 2.02. The van der Waals surface area contributed by atoms with Gasteiger partial charge in [0, 0.05) is 29.3 Å². The third-order valence-electron chi connectivity index (χ3n) is 2.61. The molecule has 1 heterocycles. The van der Waals surface area contributed by atoms with E-state index in [0.29, 0.717) is 16.6 Å². The van der Waals surface area contributed by atoms with Crippen molar-refractivity contribution in [3.8, 4) is 0 Å². The van der Waals surface area contributed by atoms with E-state index in [1.54, 1.807) is 6.07 Å². The lowest BCUT2D eigenvalue weighted by atomic mass is 10.2. The topological polar surface area (TPSA) is 29.9 Å². The Hall–Kier alpha value is -1.03. The molecule has 1 aromatic carbocycles. The molecular weight excluding hydrogens is 269 g/mol. The average molecular weight is 284 g/mol. The summed E-state index contributed by atoms with van der Waals surface area (Å²) in [6, 6.07) is 5.54. The molecule has 0 fully saturated rings. The molecule has 0 bridgehead atoms. The monoisotopic (exact) mass is 283 g/mol. The number of rotatable bonds is 5. The van der Waals surface area contributed by atoms with E-state index in [9.17, 15) is 0 Å². The number of benzene rings is 1. The number of hydrogen-bond acceptors (Lipinski definition) is 2. The molecule has 0 amide bonds. The molecule has 1 N–H and O–H groups in total. The van der Waals surface area contributed by atoms with Crippen LogP contribution >= 0.6 is 23.2 Å². The second-order valence-electron chi connectivity index (χ2n) is 4.05. The fourth-order valence-corrected chi connectivity index (χ4v) is 2.15. The van der Waals surface area contributed by atoms with Gasteiger partial charge in [0.25, 0.3) is 0 Å². The van der Waals surface area contributed by atoms with Crippen LogP contribution in [0.4, 0.5) is 0 Å². The fraction of sp³-hybridized carbons (Fsp3) is 0.308. The largest absolute Gasteiger partial charge is 0.333 e. The molecule has 0 aliphatic rings. The van der Waals surface area contributed by atoms with Crippen molar-refractivity contribution in [3.63, 3.8) is 0 Å². The Balaban J connectivity index is 2.06. The van der Waals surface area contributed by atoms with Crippen molar-refractivity contribution in [2.75, 3.05) is 6.54 Å². The smallest absolute Gasteiger partial charge is 0.0953 e. The van der Waals surface area contributed by atoms with Crippen molar-refractivity contribution < 1.29 is 0 Å². The summed E-state index contributed by atoms with van der Waals surface area (Å²) in [5.74, 6) is 0. The Bertz CT molecular complexity index is 523. The zero-order valence-corrected chi connectivity index (χ0v) is 11.7. The molecule has 96 valence electrons. The van der Waals surface area contributed by atoms with E-state index in [1.165, 1.54) is 0 Å². The highest BCUT2D eigenvalue weighted by Crippen LogP contribution is 2.21. The molecule has 0 radical (unpaired) electrons. The quantitative estimate of drug-likeness (QED) is 0.912. The van der Waals surface area contributed by atoms with Gasteiger partial charge in [-0.3, -0.25) is 0 Å². The first kappa shape index (κ1) is 13.4. The zero-order chi connectivity index (χ0) is 13.0. The molecular formula is C13H15Cl2N3. The van der Waals surface area contributed by atoms with Crippen LogP contribution in [0.5, 0.6) is 0 Å². The van der Waals surface area contributed by atoms with Gasteiger partial charge in [-0.2, -0.15) is 0 Å². The zero-order valence-electron chi connectivity index (χ0n) is 10.2. The van der Waals surface area contributed by atoms with Crippen LogP contribution in [-0.4, -0.2) is 16.1 Å². The van der Waals surface area contributed by atoms with E-state index in [0.717, 1.165) is 24.3 Å². The number of imidazole rings is 1. The second kappa shape index (κ2) is 6.23. The lowest BCUT2D eigenvalue weighted by molar-refractivity contribution is 0.712. The summed E-state index contributed by atoms with van der Waals surface area (Å²) in [6.45, 7) is 4.51. The van der Waals surface area contributed by atoms with Crippen LogP contribution in [0.1, 0.15) is 18.2 Å². The maximum Gasteiger partial charge on any atom is 0.0953 e. The molecule has 0 aliphatic heterocycles. The molecule has 0 spiro atoms. The van der Waals surface area contributed by atoms with Crippen molar-refractivity contribution in [3.05, 3.63) is 52.0 Å². The molecule has 0 unspecified atom stereocenters. The van der Waals surface area contributed by atoms with Gasteiger partial charge in [0.1, 0.15) is 0 Å². The molecule has 5 heteroatoms. The highest BCUT2D eigenvalue weighted by molar-refractivity contribution is 6.35. The second-order valence-corrected chi connectivity index (χ2v) is 4.90. The van der Waals surface area contributed by atoms with E-state index in [2.05, 4.69) is 17.2 Å². The van der Waals surface area contributed by atoms with Crippen LogP contribution in [0.2, 0.25) is 10.0 Å². The van der Waals surface area contributed by atoms with Crippen molar-refractivity contribution in [1.82, 2.24) is 14.9 Å². The van der Waals surface area contributed by atoms with Gasteiger partial charge in [0.15, 0.2) is 0 Å². The van der Waals surface area contributed by atoms with Gasteiger partial charge in [0.2, 0.25) is 0 Å². The summed E-state index contributed by atoms with van der Waals surface area (Å²) in [5, 5.41) is 4.58. The molecule has 1 aromatic heterocycles. The predicted molar refractivity (Wildman–Crippen MR) is 75.2 cm³/mol. The van der Waals surface area contributed by atoms with Gasteiger partial charge in [0.05, 0.1) is 12.0 Å². The first-order valence-corrected chi connectivity index (χ1v) is 6.60. The Morgan fingerprint density at radius 1 is 1.33 bits per heavy atom. The number of nitrogens with one attached hydrogen (secondary N) is 1. The Kier molecular flexibility index (Phi) is 4.64. The number of halogens is 2. The van der Waals surface area contributed by atoms with Crippen LogP contribution in [-0.2, 0) is 13.1 Å². The Labute approximate surface area is 117 Å².